The van der Waals surface area contributed by atoms with E-state index in [4.69, 9.17) is 9.47 Å². The average molecular weight is 467 g/mol. The number of piperidine rings is 1. The highest BCUT2D eigenvalue weighted by molar-refractivity contribution is 5.73. The number of esters is 1. The van der Waals surface area contributed by atoms with E-state index in [1.807, 2.05) is 57.2 Å². The van der Waals surface area contributed by atoms with E-state index < -0.39 is 5.60 Å². The van der Waals surface area contributed by atoms with E-state index in [1.54, 1.807) is 11.8 Å². The summed E-state index contributed by atoms with van der Waals surface area (Å²) in [6, 6.07) is 20.3. The van der Waals surface area contributed by atoms with Crippen molar-refractivity contribution in [3.8, 4) is 0 Å². The van der Waals surface area contributed by atoms with E-state index in [-0.39, 0.29) is 30.6 Å². The summed E-state index contributed by atoms with van der Waals surface area (Å²) in [6.45, 7) is 9.74. The zero-order chi connectivity index (χ0) is 24.6. The minimum Gasteiger partial charge on any atom is -0.466 e. The Hall–Kier alpha value is -2.86. The second kappa shape index (κ2) is 12.0. The number of hydrogen-bond donors (Lipinski definition) is 0. The van der Waals surface area contributed by atoms with Gasteiger partial charge in [0.05, 0.1) is 19.1 Å². The zero-order valence-corrected chi connectivity index (χ0v) is 20.9. The highest BCUT2D eigenvalue weighted by atomic mass is 16.6. The highest BCUT2D eigenvalue weighted by Gasteiger charge is 2.40. The van der Waals surface area contributed by atoms with Crippen LogP contribution in [0.3, 0.4) is 0 Å². The molecule has 2 atom stereocenters. The van der Waals surface area contributed by atoms with Gasteiger partial charge in [-0.15, -0.1) is 0 Å². The molecule has 1 aliphatic rings. The second-order valence-electron chi connectivity index (χ2n) is 9.84. The molecule has 6 nitrogen and oxygen atoms in total. The second-order valence-corrected chi connectivity index (χ2v) is 9.84. The smallest absolute Gasteiger partial charge is 0.410 e. The maximum atomic E-state index is 13.2. The van der Waals surface area contributed by atoms with Crippen molar-refractivity contribution in [3.05, 3.63) is 71.8 Å². The number of hydrogen-bond acceptors (Lipinski definition) is 5. The lowest BCUT2D eigenvalue weighted by Gasteiger charge is -2.46. The summed E-state index contributed by atoms with van der Waals surface area (Å²) in [4.78, 5) is 30.0. The van der Waals surface area contributed by atoms with Crippen LogP contribution in [-0.2, 0) is 27.4 Å². The van der Waals surface area contributed by atoms with E-state index in [0.717, 1.165) is 25.9 Å². The molecule has 1 heterocycles. The number of rotatable bonds is 8. The van der Waals surface area contributed by atoms with Crippen LogP contribution in [0.15, 0.2) is 60.7 Å². The van der Waals surface area contributed by atoms with Gasteiger partial charge < -0.3 is 14.4 Å². The van der Waals surface area contributed by atoms with Gasteiger partial charge in [-0.25, -0.2) is 4.79 Å². The fourth-order valence-electron chi connectivity index (χ4n) is 4.57. The topological polar surface area (TPSA) is 59.1 Å². The van der Waals surface area contributed by atoms with E-state index >= 15 is 0 Å². The Balaban J connectivity index is 1.93. The van der Waals surface area contributed by atoms with Crippen molar-refractivity contribution >= 4 is 12.1 Å². The molecule has 0 spiro atoms. The molecule has 1 saturated heterocycles. The predicted molar refractivity (Wildman–Crippen MR) is 133 cm³/mol. The first-order valence-electron chi connectivity index (χ1n) is 12.2. The van der Waals surface area contributed by atoms with Gasteiger partial charge in [-0.05, 0) is 51.7 Å². The lowest BCUT2D eigenvalue weighted by molar-refractivity contribution is -0.145. The molecule has 34 heavy (non-hydrogen) atoms. The van der Waals surface area contributed by atoms with Crippen LogP contribution in [0.4, 0.5) is 4.79 Å². The number of ether oxygens (including phenoxy) is 2. The number of amides is 1. The van der Waals surface area contributed by atoms with Gasteiger partial charge in [0.2, 0.25) is 0 Å². The zero-order valence-electron chi connectivity index (χ0n) is 20.9. The standard InChI is InChI=1S/C28H38N2O4/c1-5-33-26(31)19-25-24(17-12-18-30(25)27(32)34-28(2,3)4)29(20-22-13-8-6-9-14-22)21-23-15-10-7-11-16-23/h6-11,13-16,24-25H,5,12,17-21H2,1-4H3/t24-,25+/m0/s1. The van der Waals surface area contributed by atoms with Crippen molar-refractivity contribution in [3.63, 3.8) is 0 Å². The Bertz CT molecular complexity index is 870. The summed E-state index contributed by atoms with van der Waals surface area (Å²) in [5.74, 6) is -0.285. The molecular formula is C28H38N2O4. The third-order valence-corrected chi connectivity index (χ3v) is 5.98. The van der Waals surface area contributed by atoms with Gasteiger partial charge in [-0.1, -0.05) is 60.7 Å². The highest BCUT2D eigenvalue weighted by Crippen LogP contribution is 2.29. The van der Waals surface area contributed by atoms with E-state index in [2.05, 4.69) is 29.2 Å². The summed E-state index contributed by atoms with van der Waals surface area (Å²) in [5.41, 5.74) is 1.79. The third kappa shape index (κ3) is 7.59. The monoisotopic (exact) mass is 466 g/mol. The van der Waals surface area contributed by atoms with Crippen LogP contribution in [0.2, 0.25) is 0 Å². The third-order valence-electron chi connectivity index (χ3n) is 5.98. The van der Waals surface area contributed by atoms with Crippen LogP contribution < -0.4 is 0 Å². The van der Waals surface area contributed by atoms with Crippen molar-refractivity contribution in [2.75, 3.05) is 13.2 Å². The average Bonchev–Trinajstić information content (AvgIpc) is 2.79. The first-order valence-corrected chi connectivity index (χ1v) is 12.2. The molecule has 3 rings (SSSR count). The minimum absolute atomic E-state index is 0.00825. The van der Waals surface area contributed by atoms with E-state index in [9.17, 15) is 9.59 Å². The summed E-state index contributed by atoms with van der Waals surface area (Å²) in [5, 5.41) is 0. The molecule has 0 N–H and O–H groups in total. The van der Waals surface area contributed by atoms with Gasteiger partial charge >= 0.3 is 12.1 Å². The van der Waals surface area contributed by atoms with Crippen molar-refractivity contribution in [1.29, 1.82) is 0 Å². The number of benzene rings is 2. The Morgan fingerprint density at radius 2 is 1.53 bits per heavy atom. The largest absolute Gasteiger partial charge is 0.466 e. The van der Waals surface area contributed by atoms with Crippen LogP contribution in [-0.4, -0.2) is 52.7 Å². The number of carbonyl (C=O) groups excluding carboxylic acids is 2. The molecule has 1 amide bonds. The molecule has 2 aromatic rings. The van der Waals surface area contributed by atoms with Gasteiger partial charge in [0.25, 0.3) is 0 Å². The first kappa shape index (κ1) is 25.8. The van der Waals surface area contributed by atoms with Crippen LogP contribution in [0.5, 0.6) is 0 Å². The van der Waals surface area contributed by atoms with Crippen LogP contribution in [0.1, 0.15) is 58.1 Å². The number of carbonyl (C=O) groups is 2. The fraction of sp³-hybridized carbons (Fsp3) is 0.500. The lowest BCUT2D eigenvalue weighted by Crippen LogP contribution is -2.58. The van der Waals surface area contributed by atoms with Crippen molar-refractivity contribution < 1.29 is 19.1 Å². The summed E-state index contributed by atoms with van der Waals surface area (Å²) < 4.78 is 11.0. The minimum atomic E-state index is -0.605. The Morgan fingerprint density at radius 3 is 2.03 bits per heavy atom. The molecular weight excluding hydrogens is 428 g/mol. The molecule has 1 aliphatic heterocycles. The van der Waals surface area contributed by atoms with Crippen molar-refractivity contribution in [2.24, 2.45) is 0 Å². The maximum Gasteiger partial charge on any atom is 0.410 e. The first-order chi connectivity index (χ1) is 16.3. The van der Waals surface area contributed by atoms with Gasteiger partial charge in [0.1, 0.15) is 5.60 Å². The van der Waals surface area contributed by atoms with Crippen LogP contribution >= 0.6 is 0 Å². The van der Waals surface area contributed by atoms with Crippen molar-refractivity contribution in [1.82, 2.24) is 9.80 Å². The Morgan fingerprint density at radius 1 is 0.971 bits per heavy atom. The fourth-order valence-corrected chi connectivity index (χ4v) is 4.57. The summed E-state index contributed by atoms with van der Waals surface area (Å²) in [7, 11) is 0. The molecule has 0 radical (unpaired) electrons. The molecule has 0 bridgehead atoms. The van der Waals surface area contributed by atoms with Gasteiger partial charge in [0, 0.05) is 25.7 Å². The van der Waals surface area contributed by atoms with E-state index in [0.29, 0.717) is 13.2 Å². The SMILES string of the molecule is CCOC(=O)C[C@@H]1[C@@H](N(Cc2ccccc2)Cc2ccccc2)CCCN1C(=O)OC(C)(C)C. The van der Waals surface area contributed by atoms with Crippen molar-refractivity contribution in [2.45, 2.75) is 77.7 Å². The molecule has 1 fully saturated rings. The number of likely N-dealkylation sites (tertiary alicyclic amines) is 1. The Labute approximate surface area is 203 Å². The molecule has 2 aromatic carbocycles. The summed E-state index contributed by atoms with van der Waals surface area (Å²) in [6.07, 6.45) is 1.52. The number of nitrogens with zero attached hydrogens (tertiary/aromatic N) is 2. The predicted octanol–water partition coefficient (Wildman–Crippen LogP) is 5.41. The summed E-state index contributed by atoms with van der Waals surface area (Å²) >= 11 is 0. The molecule has 0 unspecified atom stereocenters. The molecule has 6 heteroatoms. The lowest BCUT2D eigenvalue weighted by atomic mass is 9.91. The molecule has 184 valence electrons. The van der Waals surface area contributed by atoms with Gasteiger partial charge in [0.15, 0.2) is 0 Å². The molecule has 0 aromatic heterocycles. The van der Waals surface area contributed by atoms with Crippen LogP contribution in [0, 0.1) is 0 Å². The Kier molecular flexibility index (Phi) is 9.11. The van der Waals surface area contributed by atoms with Gasteiger partial charge in [-0.2, -0.15) is 0 Å². The van der Waals surface area contributed by atoms with Crippen LogP contribution in [0.25, 0.3) is 0 Å². The molecule has 0 saturated carbocycles. The quantitative estimate of drug-likeness (QED) is 0.487. The van der Waals surface area contributed by atoms with Gasteiger partial charge in [-0.3, -0.25) is 9.69 Å². The molecule has 0 aliphatic carbocycles. The normalized spacial score (nSPS) is 18.6. The van der Waals surface area contributed by atoms with E-state index in [1.165, 1.54) is 11.1 Å². The maximum absolute atomic E-state index is 13.2.